The minimum Gasteiger partial charge on any atom is -0.353 e. The number of fused-ring (bicyclic) bond motifs is 1. The molecule has 0 radical (unpaired) electrons. The molecule has 1 aliphatic heterocycles. The molecule has 0 amide bonds. The zero-order valence-corrected chi connectivity index (χ0v) is 16.3. The van der Waals surface area contributed by atoms with Crippen LogP contribution in [0.5, 0.6) is 0 Å². The molecule has 2 aliphatic rings. The van der Waals surface area contributed by atoms with Crippen LogP contribution < -0.4 is 9.80 Å². The number of anilines is 2. The van der Waals surface area contributed by atoms with Crippen LogP contribution in [-0.2, 0) is 12.8 Å². The van der Waals surface area contributed by atoms with Gasteiger partial charge in [-0.15, -0.1) is 10.2 Å². The number of aryl methyl sites for hydroxylation is 3. The summed E-state index contributed by atoms with van der Waals surface area (Å²) in [7, 11) is 0. The molecule has 0 unspecified atom stereocenters. The van der Waals surface area contributed by atoms with Crippen molar-refractivity contribution < 1.29 is 0 Å². The van der Waals surface area contributed by atoms with Gasteiger partial charge in [-0.3, -0.25) is 0 Å². The molecule has 8 heteroatoms. The monoisotopic (exact) mass is 376 g/mol. The van der Waals surface area contributed by atoms with Crippen molar-refractivity contribution >= 4 is 11.6 Å². The highest BCUT2D eigenvalue weighted by Crippen LogP contribution is 2.28. The fraction of sp³-hybridized carbons (Fsp3) is 0.450. The summed E-state index contributed by atoms with van der Waals surface area (Å²) in [4.78, 5) is 13.7. The molecular formula is C20H24N8. The smallest absolute Gasteiger partial charge is 0.176 e. The average molecular weight is 376 g/mol. The third-order valence-electron chi connectivity index (χ3n) is 5.62. The summed E-state index contributed by atoms with van der Waals surface area (Å²) in [6.07, 6.45) is 5.10. The van der Waals surface area contributed by atoms with Gasteiger partial charge in [-0.2, -0.15) is 5.10 Å². The third kappa shape index (κ3) is 2.98. The van der Waals surface area contributed by atoms with Crippen LogP contribution in [0.3, 0.4) is 0 Å². The zero-order chi connectivity index (χ0) is 19.1. The lowest BCUT2D eigenvalue weighted by molar-refractivity contribution is 0.633. The molecule has 1 aliphatic carbocycles. The molecular weight excluding hydrogens is 352 g/mol. The molecule has 28 heavy (non-hydrogen) atoms. The Hall–Kier alpha value is -3.03. The number of piperazine rings is 1. The molecule has 144 valence electrons. The predicted molar refractivity (Wildman–Crippen MR) is 107 cm³/mol. The Morgan fingerprint density at radius 1 is 0.857 bits per heavy atom. The van der Waals surface area contributed by atoms with E-state index in [2.05, 4.69) is 35.1 Å². The molecule has 1 saturated heterocycles. The van der Waals surface area contributed by atoms with Crippen LogP contribution in [0.4, 0.5) is 11.6 Å². The summed E-state index contributed by atoms with van der Waals surface area (Å²) in [5, 5.41) is 13.3. The minimum absolute atomic E-state index is 0.754. The summed E-state index contributed by atoms with van der Waals surface area (Å²) in [5.74, 6) is 2.80. The first-order chi connectivity index (χ1) is 13.7. The standard InChI is InChI=1S/C20H24N8/c1-14-12-15(2)28(25-14)19-7-6-18(23-24-19)26-8-10-27(11-9-26)20-16-4-3-5-17(16)21-13-22-20/h6-7,12-13H,3-5,8-11H2,1-2H3. The van der Waals surface area contributed by atoms with Crippen LogP contribution in [0.15, 0.2) is 24.5 Å². The summed E-state index contributed by atoms with van der Waals surface area (Å²) < 4.78 is 1.83. The number of rotatable bonds is 3. The van der Waals surface area contributed by atoms with E-state index in [1.807, 2.05) is 36.7 Å². The first-order valence-corrected chi connectivity index (χ1v) is 9.89. The normalized spacial score (nSPS) is 16.5. The fourth-order valence-electron chi connectivity index (χ4n) is 4.22. The molecule has 8 nitrogen and oxygen atoms in total. The average Bonchev–Trinajstić information content (AvgIpc) is 3.34. The summed E-state index contributed by atoms with van der Waals surface area (Å²) in [5.41, 5.74) is 4.63. The van der Waals surface area contributed by atoms with Gasteiger partial charge in [0.2, 0.25) is 0 Å². The second-order valence-corrected chi connectivity index (χ2v) is 7.54. The number of nitrogens with zero attached hydrogens (tertiary/aromatic N) is 8. The highest BCUT2D eigenvalue weighted by molar-refractivity contribution is 5.52. The quantitative estimate of drug-likeness (QED) is 0.691. The van der Waals surface area contributed by atoms with Gasteiger partial charge in [-0.25, -0.2) is 14.6 Å². The minimum atomic E-state index is 0.754. The molecule has 3 aromatic rings. The highest BCUT2D eigenvalue weighted by atomic mass is 15.4. The maximum absolute atomic E-state index is 4.59. The molecule has 1 fully saturated rings. The Morgan fingerprint density at radius 2 is 1.61 bits per heavy atom. The lowest BCUT2D eigenvalue weighted by atomic mass is 10.2. The second-order valence-electron chi connectivity index (χ2n) is 7.54. The van der Waals surface area contributed by atoms with Crippen LogP contribution in [0.1, 0.15) is 29.1 Å². The summed E-state index contributed by atoms with van der Waals surface area (Å²) >= 11 is 0. The van der Waals surface area contributed by atoms with Crippen molar-refractivity contribution in [3.63, 3.8) is 0 Å². The van der Waals surface area contributed by atoms with E-state index in [1.165, 1.54) is 17.7 Å². The molecule has 0 N–H and O–H groups in total. The van der Waals surface area contributed by atoms with Gasteiger partial charge in [-0.1, -0.05) is 0 Å². The van der Waals surface area contributed by atoms with E-state index in [0.29, 0.717) is 0 Å². The Balaban J connectivity index is 1.28. The van der Waals surface area contributed by atoms with E-state index in [9.17, 15) is 0 Å². The van der Waals surface area contributed by atoms with E-state index >= 15 is 0 Å². The summed E-state index contributed by atoms with van der Waals surface area (Å²) in [6, 6.07) is 6.07. The van der Waals surface area contributed by atoms with Crippen molar-refractivity contribution in [3.8, 4) is 5.82 Å². The van der Waals surface area contributed by atoms with Crippen molar-refractivity contribution in [2.45, 2.75) is 33.1 Å². The van der Waals surface area contributed by atoms with Gasteiger partial charge in [0.1, 0.15) is 12.1 Å². The van der Waals surface area contributed by atoms with Crippen molar-refractivity contribution in [2.24, 2.45) is 0 Å². The van der Waals surface area contributed by atoms with Gasteiger partial charge < -0.3 is 9.80 Å². The van der Waals surface area contributed by atoms with E-state index in [-0.39, 0.29) is 0 Å². The lowest BCUT2D eigenvalue weighted by Crippen LogP contribution is -2.47. The Kier molecular flexibility index (Phi) is 4.18. The van der Waals surface area contributed by atoms with Gasteiger partial charge in [0, 0.05) is 43.1 Å². The maximum Gasteiger partial charge on any atom is 0.176 e. The Labute approximate surface area is 164 Å². The SMILES string of the molecule is Cc1cc(C)n(-c2ccc(N3CCN(c4ncnc5c4CCC5)CC3)nn2)n1. The molecule has 0 atom stereocenters. The highest BCUT2D eigenvalue weighted by Gasteiger charge is 2.25. The van der Waals surface area contributed by atoms with Crippen LogP contribution in [-0.4, -0.2) is 56.1 Å². The van der Waals surface area contributed by atoms with E-state index in [0.717, 1.165) is 67.9 Å². The van der Waals surface area contributed by atoms with Crippen LogP contribution >= 0.6 is 0 Å². The van der Waals surface area contributed by atoms with Crippen LogP contribution in [0, 0.1) is 13.8 Å². The number of hydrogen-bond donors (Lipinski definition) is 0. The molecule has 0 spiro atoms. The van der Waals surface area contributed by atoms with Crippen molar-refractivity contribution in [2.75, 3.05) is 36.0 Å². The van der Waals surface area contributed by atoms with Gasteiger partial charge in [0.05, 0.1) is 5.69 Å². The van der Waals surface area contributed by atoms with E-state index in [4.69, 9.17) is 0 Å². The number of aromatic nitrogens is 6. The molecule has 0 saturated carbocycles. The van der Waals surface area contributed by atoms with Crippen LogP contribution in [0.25, 0.3) is 5.82 Å². The first kappa shape index (κ1) is 17.1. The zero-order valence-electron chi connectivity index (χ0n) is 16.3. The topological polar surface area (TPSA) is 75.9 Å². The molecule has 0 aromatic carbocycles. The van der Waals surface area contributed by atoms with Gasteiger partial charge in [0.25, 0.3) is 0 Å². The van der Waals surface area contributed by atoms with Gasteiger partial charge >= 0.3 is 0 Å². The van der Waals surface area contributed by atoms with Crippen molar-refractivity contribution in [1.29, 1.82) is 0 Å². The van der Waals surface area contributed by atoms with Crippen molar-refractivity contribution in [3.05, 3.63) is 47.2 Å². The molecule has 4 heterocycles. The van der Waals surface area contributed by atoms with Crippen molar-refractivity contribution in [1.82, 2.24) is 29.9 Å². The predicted octanol–water partition coefficient (Wildman–Crippen LogP) is 1.88. The second kappa shape index (κ2) is 6.85. The lowest BCUT2D eigenvalue weighted by Gasteiger charge is -2.36. The largest absolute Gasteiger partial charge is 0.353 e. The fourth-order valence-corrected chi connectivity index (χ4v) is 4.22. The Bertz CT molecular complexity index is 986. The maximum atomic E-state index is 4.59. The van der Waals surface area contributed by atoms with Crippen LogP contribution in [0.2, 0.25) is 0 Å². The Morgan fingerprint density at radius 3 is 2.32 bits per heavy atom. The van der Waals surface area contributed by atoms with Gasteiger partial charge in [-0.05, 0) is 51.3 Å². The van der Waals surface area contributed by atoms with E-state index < -0.39 is 0 Å². The molecule has 5 rings (SSSR count). The number of hydrogen-bond acceptors (Lipinski definition) is 7. The first-order valence-electron chi connectivity index (χ1n) is 9.89. The van der Waals surface area contributed by atoms with Gasteiger partial charge in [0.15, 0.2) is 11.6 Å². The summed E-state index contributed by atoms with van der Waals surface area (Å²) in [6.45, 7) is 7.70. The third-order valence-corrected chi connectivity index (χ3v) is 5.62. The molecule has 3 aromatic heterocycles. The molecule has 0 bridgehead atoms. The van der Waals surface area contributed by atoms with E-state index in [1.54, 1.807) is 6.33 Å².